The van der Waals surface area contributed by atoms with Gasteiger partial charge in [-0.05, 0) is 37.6 Å². The molecule has 0 amide bonds. The first-order valence-corrected chi connectivity index (χ1v) is 6.97. The van der Waals surface area contributed by atoms with Crippen LogP contribution in [0.25, 0.3) is 0 Å². The highest BCUT2D eigenvalue weighted by molar-refractivity contribution is 5.50. The second kappa shape index (κ2) is 6.42. The first-order valence-electron chi connectivity index (χ1n) is 6.97. The molecule has 0 fully saturated rings. The summed E-state index contributed by atoms with van der Waals surface area (Å²) in [5.41, 5.74) is 1.71. The zero-order valence-electron chi connectivity index (χ0n) is 11.9. The van der Waals surface area contributed by atoms with E-state index in [-0.39, 0.29) is 17.6 Å². The van der Waals surface area contributed by atoms with Crippen LogP contribution in [0.3, 0.4) is 0 Å². The quantitative estimate of drug-likeness (QED) is 0.866. The molecule has 0 aliphatic heterocycles. The van der Waals surface area contributed by atoms with Crippen molar-refractivity contribution in [3.63, 3.8) is 0 Å². The molecular formula is C17H20FNO. The Balaban J connectivity index is 2.40. The van der Waals surface area contributed by atoms with Gasteiger partial charge < -0.3 is 10.0 Å². The number of nitrogens with zero attached hydrogens (tertiary/aromatic N) is 1. The van der Waals surface area contributed by atoms with E-state index in [0.717, 1.165) is 24.2 Å². The van der Waals surface area contributed by atoms with E-state index in [0.29, 0.717) is 0 Å². The highest BCUT2D eigenvalue weighted by Gasteiger charge is 2.20. The molecule has 0 aromatic heterocycles. The van der Waals surface area contributed by atoms with Crippen LogP contribution in [0.4, 0.5) is 10.1 Å². The van der Waals surface area contributed by atoms with Crippen LogP contribution in [0.5, 0.6) is 5.75 Å². The molecule has 2 rings (SSSR count). The number of benzene rings is 2. The van der Waals surface area contributed by atoms with Gasteiger partial charge in [-0.1, -0.05) is 31.2 Å². The summed E-state index contributed by atoms with van der Waals surface area (Å²) in [5.74, 6) is 0.0438. The lowest BCUT2D eigenvalue weighted by atomic mass is 10.0. The molecule has 0 aliphatic carbocycles. The van der Waals surface area contributed by atoms with Crippen molar-refractivity contribution in [3.8, 4) is 5.75 Å². The molecule has 1 N–H and O–H groups in total. The van der Waals surface area contributed by atoms with E-state index in [1.807, 2.05) is 31.2 Å². The van der Waals surface area contributed by atoms with Crippen molar-refractivity contribution in [2.45, 2.75) is 26.3 Å². The first-order chi connectivity index (χ1) is 9.67. The summed E-state index contributed by atoms with van der Waals surface area (Å²) in [6, 6.07) is 14.0. The monoisotopic (exact) mass is 273 g/mol. The second-order valence-electron chi connectivity index (χ2n) is 4.75. The molecule has 0 saturated heterocycles. The highest BCUT2D eigenvalue weighted by Crippen LogP contribution is 2.34. The number of anilines is 1. The van der Waals surface area contributed by atoms with E-state index >= 15 is 0 Å². The topological polar surface area (TPSA) is 23.5 Å². The Kier molecular flexibility index (Phi) is 4.61. The van der Waals surface area contributed by atoms with E-state index in [4.69, 9.17) is 0 Å². The van der Waals surface area contributed by atoms with Crippen LogP contribution >= 0.6 is 0 Å². The fraction of sp³-hybridized carbons (Fsp3) is 0.294. The SMILES string of the molecule is CCC(c1ccccc1O)N(CC)c1cccc(F)c1. The smallest absolute Gasteiger partial charge is 0.125 e. The minimum atomic E-state index is -0.243. The summed E-state index contributed by atoms with van der Waals surface area (Å²) < 4.78 is 13.4. The predicted octanol–water partition coefficient (Wildman–Crippen LogP) is 4.51. The number of para-hydroxylation sites is 1. The number of halogens is 1. The van der Waals surface area contributed by atoms with Crippen molar-refractivity contribution in [2.24, 2.45) is 0 Å². The summed E-state index contributed by atoms with van der Waals surface area (Å²) in [4.78, 5) is 2.11. The van der Waals surface area contributed by atoms with Gasteiger partial charge in [-0.25, -0.2) is 4.39 Å². The average molecular weight is 273 g/mol. The zero-order valence-corrected chi connectivity index (χ0v) is 11.9. The van der Waals surface area contributed by atoms with E-state index in [1.165, 1.54) is 12.1 Å². The molecule has 2 aromatic rings. The molecule has 0 bridgehead atoms. The van der Waals surface area contributed by atoms with Crippen LogP contribution in [0.2, 0.25) is 0 Å². The summed E-state index contributed by atoms with van der Waals surface area (Å²) in [5, 5.41) is 10.1. The van der Waals surface area contributed by atoms with Crippen LogP contribution in [0, 0.1) is 5.82 Å². The van der Waals surface area contributed by atoms with Crippen molar-refractivity contribution in [1.29, 1.82) is 0 Å². The standard InChI is InChI=1S/C17H20FNO/c1-3-16(15-10-5-6-11-17(15)20)19(4-2)14-9-7-8-13(18)12-14/h5-12,16,20H,3-4H2,1-2H3. The Hall–Kier alpha value is -2.03. The van der Waals surface area contributed by atoms with Gasteiger partial charge in [-0.3, -0.25) is 0 Å². The van der Waals surface area contributed by atoms with Gasteiger partial charge in [-0.2, -0.15) is 0 Å². The van der Waals surface area contributed by atoms with Gasteiger partial charge in [0.25, 0.3) is 0 Å². The highest BCUT2D eigenvalue weighted by atomic mass is 19.1. The van der Waals surface area contributed by atoms with Gasteiger partial charge >= 0.3 is 0 Å². The minimum absolute atomic E-state index is 0.0306. The number of hydrogen-bond acceptors (Lipinski definition) is 2. The summed E-state index contributed by atoms with van der Waals surface area (Å²) in [7, 11) is 0. The number of phenols is 1. The van der Waals surface area contributed by atoms with Gasteiger partial charge in [0.15, 0.2) is 0 Å². The van der Waals surface area contributed by atoms with Gasteiger partial charge in [0.05, 0.1) is 6.04 Å². The summed E-state index contributed by atoms with van der Waals surface area (Å²) in [6.07, 6.45) is 0.835. The van der Waals surface area contributed by atoms with Crippen LogP contribution in [0.1, 0.15) is 31.9 Å². The average Bonchev–Trinajstić information content (AvgIpc) is 2.45. The molecule has 0 heterocycles. The fourth-order valence-electron chi connectivity index (χ4n) is 2.62. The van der Waals surface area contributed by atoms with Gasteiger partial charge in [-0.15, -0.1) is 0 Å². The third-order valence-electron chi connectivity index (χ3n) is 3.54. The van der Waals surface area contributed by atoms with Gasteiger partial charge in [0.2, 0.25) is 0 Å². The van der Waals surface area contributed by atoms with Crippen molar-refractivity contribution in [2.75, 3.05) is 11.4 Å². The van der Waals surface area contributed by atoms with Crippen molar-refractivity contribution >= 4 is 5.69 Å². The molecular weight excluding hydrogens is 253 g/mol. The third-order valence-corrected chi connectivity index (χ3v) is 3.54. The molecule has 2 nitrogen and oxygen atoms in total. The fourth-order valence-corrected chi connectivity index (χ4v) is 2.62. The molecule has 0 aliphatic rings. The third kappa shape index (κ3) is 2.93. The maximum absolute atomic E-state index is 13.4. The molecule has 106 valence electrons. The number of aromatic hydroxyl groups is 1. The van der Waals surface area contributed by atoms with E-state index in [1.54, 1.807) is 12.1 Å². The van der Waals surface area contributed by atoms with E-state index in [2.05, 4.69) is 11.8 Å². The number of rotatable bonds is 5. The first kappa shape index (κ1) is 14.4. The molecule has 0 radical (unpaired) electrons. The van der Waals surface area contributed by atoms with Crippen molar-refractivity contribution in [1.82, 2.24) is 0 Å². The van der Waals surface area contributed by atoms with Crippen LogP contribution in [-0.2, 0) is 0 Å². The molecule has 20 heavy (non-hydrogen) atoms. The molecule has 2 aromatic carbocycles. The Bertz CT molecular complexity index is 570. The Morgan fingerprint density at radius 1 is 1.10 bits per heavy atom. The number of phenolic OH excluding ortho intramolecular Hbond substituents is 1. The lowest BCUT2D eigenvalue weighted by Gasteiger charge is -2.33. The predicted molar refractivity (Wildman–Crippen MR) is 80.6 cm³/mol. The minimum Gasteiger partial charge on any atom is -0.508 e. The van der Waals surface area contributed by atoms with Gasteiger partial charge in [0, 0.05) is 17.8 Å². The van der Waals surface area contributed by atoms with Crippen LogP contribution in [0.15, 0.2) is 48.5 Å². The maximum Gasteiger partial charge on any atom is 0.125 e. The lowest BCUT2D eigenvalue weighted by Crippen LogP contribution is -2.28. The number of hydrogen-bond donors (Lipinski definition) is 1. The normalized spacial score (nSPS) is 12.2. The van der Waals surface area contributed by atoms with Gasteiger partial charge in [0.1, 0.15) is 11.6 Å². The Morgan fingerprint density at radius 2 is 1.85 bits per heavy atom. The molecule has 1 unspecified atom stereocenters. The molecule has 0 spiro atoms. The summed E-state index contributed by atoms with van der Waals surface area (Å²) >= 11 is 0. The Morgan fingerprint density at radius 3 is 2.45 bits per heavy atom. The van der Waals surface area contributed by atoms with Crippen LogP contribution in [-0.4, -0.2) is 11.7 Å². The molecule has 3 heteroatoms. The zero-order chi connectivity index (χ0) is 14.5. The van der Waals surface area contributed by atoms with E-state index < -0.39 is 0 Å². The largest absolute Gasteiger partial charge is 0.508 e. The maximum atomic E-state index is 13.4. The lowest BCUT2D eigenvalue weighted by molar-refractivity contribution is 0.456. The molecule has 1 atom stereocenters. The summed E-state index contributed by atoms with van der Waals surface area (Å²) in [6.45, 7) is 4.85. The Labute approximate surface area is 119 Å². The van der Waals surface area contributed by atoms with Crippen LogP contribution < -0.4 is 4.90 Å². The molecule has 0 saturated carbocycles. The van der Waals surface area contributed by atoms with Crippen molar-refractivity contribution < 1.29 is 9.50 Å². The van der Waals surface area contributed by atoms with E-state index in [9.17, 15) is 9.50 Å². The second-order valence-corrected chi connectivity index (χ2v) is 4.75. The van der Waals surface area contributed by atoms with Crippen molar-refractivity contribution in [3.05, 3.63) is 59.9 Å².